The predicted octanol–water partition coefficient (Wildman–Crippen LogP) is 3.58. The van der Waals surface area contributed by atoms with Gasteiger partial charge in [-0.1, -0.05) is 12.8 Å². The average Bonchev–Trinajstić information content (AvgIpc) is 3.16. The molecule has 0 bridgehead atoms. The number of aromatic nitrogens is 2. The highest BCUT2D eigenvalue weighted by Crippen LogP contribution is 2.33. The number of imidazole rings is 1. The Morgan fingerprint density at radius 3 is 2.94 bits per heavy atom. The number of fused-ring (bicyclic) bond motifs is 1. The Hall–Kier alpha value is -1.22. The number of ether oxygens (including phenoxy) is 1. The zero-order valence-electron chi connectivity index (χ0n) is 10.5. The number of benzene rings is 1. The van der Waals surface area contributed by atoms with Crippen LogP contribution in [0.3, 0.4) is 0 Å². The number of halogens is 1. The van der Waals surface area contributed by atoms with E-state index in [0.717, 1.165) is 35.1 Å². The van der Waals surface area contributed by atoms with Crippen LogP contribution >= 0.6 is 11.6 Å². The van der Waals surface area contributed by atoms with Gasteiger partial charge in [0, 0.05) is 12.6 Å². The van der Waals surface area contributed by atoms with E-state index in [1.165, 1.54) is 19.3 Å². The molecule has 1 heterocycles. The van der Waals surface area contributed by atoms with Gasteiger partial charge in [0.05, 0.1) is 24.0 Å². The van der Waals surface area contributed by atoms with Crippen molar-refractivity contribution in [1.82, 2.24) is 9.55 Å². The molecule has 0 N–H and O–H groups in total. The summed E-state index contributed by atoms with van der Waals surface area (Å²) in [5.41, 5.74) is 2.13. The lowest BCUT2D eigenvalue weighted by molar-refractivity contribution is 0.415. The summed E-state index contributed by atoms with van der Waals surface area (Å²) in [5.74, 6) is 3.18. The Morgan fingerprint density at radius 1 is 1.44 bits per heavy atom. The molecular weight excluding hydrogens is 248 g/mol. The number of aryl methyl sites for hydroxylation is 1. The molecule has 1 aliphatic carbocycles. The summed E-state index contributed by atoms with van der Waals surface area (Å²) in [6.45, 7) is 1.02. The normalized spacial score (nSPS) is 15.2. The Kier molecular flexibility index (Phi) is 3.16. The number of hydrogen-bond donors (Lipinski definition) is 0. The van der Waals surface area contributed by atoms with Gasteiger partial charge in [-0.05, 0) is 24.5 Å². The van der Waals surface area contributed by atoms with Crippen LogP contribution in [0.1, 0.15) is 25.1 Å². The minimum Gasteiger partial charge on any atom is -0.497 e. The first-order chi connectivity index (χ1) is 8.81. The summed E-state index contributed by atoms with van der Waals surface area (Å²) in [4.78, 5) is 4.59. The van der Waals surface area contributed by atoms with Crippen LogP contribution in [0.5, 0.6) is 5.75 Å². The van der Waals surface area contributed by atoms with Crippen molar-refractivity contribution in [1.29, 1.82) is 0 Å². The standard InChI is InChI=1S/C14H17ClN2O/c1-18-11-4-5-13-12(8-11)16-14(9-15)17(13)7-6-10-2-3-10/h4-5,8,10H,2-3,6-7,9H2,1H3. The number of methoxy groups -OCH3 is 1. The van der Waals surface area contributed by atoms with Crippen molar-refractivity contribution in [2.75, 3.05) is 7.11 Å². The number of hydrogen-bond acceptors (Lipinski definition) is 2. The van der Waals surface area contributed by atoms with E-state index in [0.29, 0.717) is 5.88 Å². The molecule has 0 unspecified atom stereocenters. The molecule has 2 aromatic rings. The maximum Gasteiger partial charge on any atom is 0.124 e. The Bertz CT molecular complexity index is 560. The van der Waals surface area contributed by atoms with Gasteiger partial charge in [-0.2, -0.15) is 0 Å². The topological polar surface area (TPSA) is 27.1 Å². The molecule has 3 rings (SSSR count). The molecule has 18 heavy (non-hydrogen) atoms. The quantitative estimate of drug-likeness (QED) is 0.772. The van der Waals surface area contributed by atoms with Gasteiger partial charge in [0.15, 0.2) is 0 Å². The molecule has 0 radical (unpaired) electrons. The van der Waals surface area contributed by atoms with Crippen LogP contribution in [0, 0.1) is 5.92 Å². The van der Waals surface area contributed by atoms with Crippen LogP contribution in [0.2, 0.25) is 0 Å². The lowest BCUT2D eigenvalue weighted by Crippen LogP contribution is -2.03. The number of nitrogens with zero attached hydrogens (tertiary/aromatic N) is 2. The highest BCUT2D eigenvalue weighted by molar-refractivity contribution is 6.16. The summed E-state index contributed by atoms with van der Waals surface area (Å²) >= 11 is 5.99. The molecule has 0 aliphatic heterocycles. The highest BCUT2D eigenvalue weighted by atomic mass is 35.5. The van der Waals surface area contributed by atoms with E-state index < -0.39 is 0 Å². The first kappa shape index (κ1) is 11.8. The molecule has 1 fully saturated rings. The van der Waals surface area contributed by atoms with E-state index in [4.69, 9.17) is 16.3 Å². The van der Waals surface area contributed by atoms with Crippen LogP contribution in [0.25, 0.3) is 11.0 Å². The van der Waals surface area contributed by atoms with Gasteiger partial charge in [-0.3, -0.25) is 0 Å². The molecule has 0 atom stereocenters. The summed E-state index contributed by atoms with van der Waals surface area (Å²) < 4.78 is 7.48. The third-order valence-corrected chi connectivity index (χ3v) is 3.85. The second-order valence-electron chi connectivity index (χ2n) is 4.90. The van der Waals surface area contributed by atoms with Gasteiger partial charge in [0.2, 0.25) is 0 Å². The monoisotopic (exact) mass is 264 g/mol. The van der Waals surface area contributed by atoms with Crippen molar-refractivity contribution >= 4 is 22.6 Å². The summed E-state index contributed by atoms with van der Waals surface area (Å²) in [5, 5.41) is 0. The van der Waals surface area contributed by atoms with E-state index in [-0.39, 0.29) is 0 Å². The molecule has 0 amide bonds. The average molecular weight is 265 g/mol. The second kappa shape index (κ2) is 4.81. The van der Waals surface area contributed by atoms with E-state index in [1.807, 2.05) is 12.1 Å². The summed E-state index contributed by atoms with van der Waals surface area (Å²) in [7, 11) is 1.67. The fraction of sp³-hybridized carbons (Fsp3) is 0.500. The SMILES string of the molecule is COc1ccc2c(c1)nc(CCl)n2CCC1CC1. The maximum absolute atomic E-state index is 5.99. The Morgan fingerprint density at radius 2 is 2.28 bits per heavy atom. The van der Waals surface area contributed by atoms with Crippen LogP contribution in [-0.2, 0) is 12.4 Å². The lowest BCUT2D eigenvalue weighted by Gasteiger charge is -2.07. The van der Waals surface area contributed by atoms with Crippen LogP contribution in [0.15, 0.2) is 18.2 Å². The largest absolute Gasteiger partial charge is 0.497 e. The van der Waals surface area contributed by atoms with Crippen molar-refractivity contribution in [3.05, 3.63) is 24.0 Å². The van der Waals surface area contributed by atoms with Gasteiger partial charge in [0.1, 0.15) is 11.6 Å². The fourth-order valence-electron chi connectivity index (χ4n) is 2.36. The molecular formula is C14H17ClN2O. The van der Waals surface area contributed by atoms with Gasteiger partial charge < -0.3 is 9.30 Å². The molecule has 1 aromatic heterocycles. The van der Waals surface area contributed by atoms with Crippen molar-refractivity contribution in [3.8, 4) is 5.75 Å². The third-order valence-electron chi connectivity index (χ3n) is 3.61. The molecule has 0 spiro atoms. The molecule has 1 aliphatic rings. The second-order valence-corrected chi connectivity index (χ2v) is 5.17. The molecule has 96 valence electrons. The van der Waals surface area contributed by atoms with Gasteiger partial charge in [-0.25, -0.2) is 4.98 Å². The van der Waals surface area contributed by atoms with Gasteiger partial charge >= 0.3 is 0 Å². The molecule has 1 aromatic carbocycles. The molecule has 0 saturated heterocycles. The zero-order chi connectivity index (χ0) is 12.5. The zero-order valence-corrected chi connectivity index (χ0v) is 11.3. The van der Waals surface area contributed by atoms with Crippen molar-refractivity contribution in [2.24, 2.45) is 5.92 Å². The summed E-state index contributed by atoms with van der Waals surface area (Å²) in [6, 6.07) is 6.03. The minimum absolute atomic E-state index is 0.460. The van der Waals surface area contributed by atoms with Crippen LogP contribution in [-0.4, -0.2) is 16.7 Å². The Labute approximate surface area is 112 Å². The van der Waals surface area contributed by atoms with Crippen LogP contribution < -0.4 is 4.74 Å². The van der Waals surface area contributed by atoms with Crippen molar-refractivity contribution in [3.63, 3.8) is 0 Å². The van der Waals surface area contributed by atoms with Gasteiger partial charge in [0.25, 0.3) is 0 Å². The first-order valence-corrected chi connectivity index (χ1v) is 6.94. The first-order valence-electron chi connectivity index (χ1n) is 6.41. The molecule has 3 nitrogen and oxygen atoms in total. The number of rotatable bonds is 5. The van der Waals surface area contributed by atoms with Crippen LogP contribution in [0.4, 0.5) is 0 Å². The van der Waals surface area contributed by atoms with Gasteiger partial charge in [-0.15, -0.1) is 11.6 Å². The van der Waals surface area contributed by atoms with E-state index in [9.17, 15) is 0 Å². The van der Waals surface area contributed by atoms with Crippen molar-refractivity contribution in [2.45, 2.75) is 31.7 Å². The van der Waals surface area contributed by atoms with E-state index >= 15 is 0 Å². The molecule has 4 heteroatoms. The third kappa shape index (κ3) is 2.19. The fourth-order valence-corrected chi connectivity index (χ4v) is 2.56. The lowest BCUT2D eigenvalue weighted by atomic mass is 10.2. The number of alkyl halides is 1. The van der Waals surface area contributed by atoms with E-state index in [1.54, 1.807) is 7.11 Å². The maximum atomic E-state index is 5.99. The smallest absolute Gasteiger partial charge is 0.124 e. The summed E-state index contributed by atoms with van der Waals surface area (Å²) in [6.07, 6.45) is 4.01. The minimum atomic E-state index is 0.460. The van der Waals surface area contributed by atoms with E-state index in [2.05, 4.69) is 15.6 Å². The Balaban J connectivity index is 1.97. The predicted molar refractivity (Wildman–Crippen MR) is 73.2 cm³/mol. The van der Waals surface area contributed by atoms with Crippen molar-refractivity contribution < 1.29 is 4.74 Å². The highest BCUT2D eigenvalue weighted by Gasteiger charge is 2.21. The molecule has 1 saturated carbocycles.